The SMILES string of the molecule is COc1ccc(OC(=O)[C@@H]2[C@H](c3ccccc3OC)[C@H]3C(=O)O[C@H]3C23CCCCC3)c(OC)c1. The molecule has 2 aliphatic carbocycles. The summed E-state index contributed by atoms with van der Waals surface area (Å²) in [6.45, 7) is 0. The van der Waals surface area contributed by atoms with E-state index in [1.807, 2.05) is 24.3 Å². The van der Waals surface area contributed by atoms with Gasteiger partial charge in [-0.05, 0) is 36.6 Å². The average molecular weight is 467 g/mol. The van der Waals surface area contributed by atoms with Gasteiger partial charge in [0, 0.05) is 17.4 Å². The number of carbonyl (C=O) groups is 2. The lowest BCUT2D eigenvalue weighted by atomic mass is 9.64. The predicted octanol–water partition coefficient (Wildman–Crippen LogP) is 4.52. The summed E-state index contributed by atoms with van der Waals surface area (Å²) in [5.41, 5.74) is 0.404. The zero-order chi connectivity index (χ0) is 23.9. The Balaban J connectivity index is 1.58. The van der Waals surface area contributed by atoms with Gasteiger partial charge in [0.2, 0.25) is 0 Å². The maximum Gasteiger partial charge on any atom is 0.315 e. The van der Waals surface area contributed by atoms with Crippen molar-refractivity contribution in [3.63, 3.8) is 0 Å². The molecule has 1 heterocycles. The van der Waals surface area contributed by atoms with E-state index in [1.54, 1.807) is 32.4 Å². The molecule has 2 saturated carbocycles. The number of carbonyl (C=O) groups excluding carboxylic acids is 2. The minimum atomic E-state index is -0.544. The monoisotopic (exact) mass is 466 g/mol. The third kappa shape index (κ3) is 3.40. The molecule has 0 amide bonds. The zero-order valence-electron chi connectivity index (χ0n) is 19.7. The van der Waals surface area contributed by atoms with Gasteiger partial charge in [-0.15, -0.1) is 0 Å². The molecule has 5 rings (SSSR count). The maximum absolute atomic E-state index is 14.0. The molecule has 2 aromatic carbocycles. The normalized spacial score (nSPS) is 26.7. The highest BCUT2D eigenvalue weighted by Crippen LogP contribution is 2.66. The van der Waals surface area contributed by atoms with E-state index in [1.165, 1.54) is 7.11 Å². The smallest absolute Gasteiger partial charge is 0.315 e. The van der Waals surface area contributed by atoms with Gasteiger partial charge in [0.15, 0.2) is 11.5 Å². The summed E-state index contributed by atoms with van der Waals surface area (Å²) in [6, 6.07) is 12.7. The van der Waals surface area contributed by atoms with Crippen LogP contribution in [0.2, 0.25) is 0 Å². The topological polar surface area (TPSA) is 80.3 Å². The molecular weight excluding hydrogens is 436 g/mol. The first-order valence-electron chi connectivity index (χ1n) is 11.8. The van der Waals surface area contributed by atoms with E-state index in [4.69, 9.17) is 23.7 Å². The van der Waals surface area contributed by atoms with E-state index in [0.717, 1.165) is 37.7 Å². The third-order valence-corrected chi connectivity index (χ3v) is 7.89. The van der Waals surface area contributed by atoms with Crippen molar-refractivity contribution in [2.45, 2.75) is 44.1 Å². The van der Waals surface area contributed by atoms with Crippen molar-refractivity contribution in [2.24, 2.45) is 17.3 Å². The number of fused-ring (bicyclic) bond motifs is 2. The van der Waals surface area contributed by atoms with Gasteiger partial charge in [-0.3, -0.25) is 9.59 Å². The summed E-state index contributed by atoms with van der Waals surface area (Å²) in [5, 5.41) is 0. The fourth-order valence-corrected chi connectivity index (χ4v) is 6.41. The van der Waals surface area contributed by atoms with Gasteiger partial charge in [0.05, 0.1) is 27.2 Å². The Morgan fingerprint density at radius 2 is 1.62 bits per heavy atom. The van der Waals surface area contributed by atoms with Crippen LogP contribution >= 0.6 is 0 Å². The van der Waals surface area contributed by atoms with Crippen molar-refractivity contribution in [1.82, 2.24) is 0 Å². The largest absolute Gasteiger partial charge is 0.497 e. The Bertz CT molecular complexity index is 1090. The molecule has 7 heteroatoms. The lowest BCUT2D eigenvalue weighted by Gasteiger charge is -2.45. The molecular formula is C27H30O7. The highest BCUT2D eigenvalue weighted by molar-refractivity contribution is 5.87. The molecule has 4 atom stereocenters. The minimum Gasteiger partial charge on any atom is -0.497 e. The fraction of sp³-hybridized carbons (Fsp3) is 0.481. The number of hydrogen-bond acceptors (Lipinski definition) is 7. The van der Waals surface area contributed by atoms with Gasteiger partial charge < -0.3 is 23.7 Å². The second-order valence-electron chi connectivity index (χ2n) is 9.36. The molecule has 1 saturated heterocycles. The van der Waals surface area contributed by atoms with Crippen LogP contribution in [0.3, 0.4) is 0 Å². The number of ether oxygens (including phenoxy) is 5. The van der Waals surface area contributed by atoms with E-state index in [2.05, 4.69) is 0 Å². The van der Waals surface area contributed by atoms with Crippen molar-refractivity contribution in [1.29, 1.82) is 0 Å². The Labute approximate surface area is 199 Å². The van der Waals surface area contributed by atoms with E-state index in [0.29, 0.717) is 23.0 Å². The molecule has 1 aliphatic heterocycles. The molecule has 3 aliphatic rings. The molecule has 0 bridgehead atoms. The summed E-state index contributed by atoms with van der Waals surface area (Å²) in [4.78, 5) is 26.8. The summed E-state index contributed by atoms with van der Waals surface area (Å²) in [6.07, 6.45) is 4.47. The van der Waals surface area contributed by atoms with Crippen LogP contribution in [0.25, 0.3) is 0 Å². The zero-order valence-corrected chi connectivity index (χ0v) is 19.7. The molecule has 2 aromatic rings. The van der Waals surface area contributed by atoms with Crippen LogP contribution in [0.15, 0.2) is 42.5 Å². The number of hydrogen-bond donors (Lipinski definition) is 0. The van der Waals surface area contributed by atoms with E-state index >= 15 is 0 Å². The highest BCUT2D eigenvalue weighted by Gasteiger charge is 2.72. The van der Waals surface area contributed by atoms with Crippen LogP contribution in [-0.2, 0) is 14.3 Å². The van der Waals surface area contributed by atoms with Crippen LogP contribution in [0, 0.1) is 17.3 Å². The molecule has 0 unspecified atom stereocenters. The Morgan fingerprint density at radius 1 is 0.882 bits per heavy atom. The second kappa shape index (κ2) is 8.85. The number of para-hydroxylation sites is 1. The Kier molecular flexibility index (Phi) is 5.88. The van der Waals surface area contributed by atoms with Crippen molar-refractivity contribution < 1.29 is 33.3 Å². The van der Waals surface area contributed by atoms with Gasteiger partial charge in [-0.1, -0.05) is 37.5 Å². The molecule has 0 radical (unpaired) electrons. The number of rotatable bonds is 6. The molecule has 1 spiro atoms. The number of methoxy groups -OCH3 is 3. The first-order chi connectivity index (χ1) is 16.5. The predicted molar refractivity (Wildman–Crippen MR) is 123 cm³/mol. The molecule has 34 heavy (non-hydrogen) atoms. The first-order valence-corrected chi connectivity index (χ1v) is 11.8. The molecule has 0 N–H and O–H groups in total. The summed E-state index contributed by atoms with van der Waals surface area (Å²) < 4.78 is 28.1. The van der Waals surface area contributed by atoms with Gasteiger partial charge in [-0.2, -0.15) is 0 Å². The van der Waals surface area contributed by atoms with E-state index in [9.17, 15) is 9.59 Å². The molecule has 180 valence electrons. The number of esters is 2. The van der Waals surface area contributed by atoms with Gasteiger partial charge >= 0.3 is 11.9 Å². The van der Waals surface area contributed by atoms with Crippen molar-refractivity contribution in [3.8, 4) is 23.0 Å². The number of benzene rings is 2. The maximum atomic E-state index is 14.0. The summed E-state index contributed by atoms with van der Waals surface area (Å²) >= 11 is 0. The van der Waals surface area contributed by atoms with Crippen molar-refractivity contribution in [3.05, 3.63) is 48.0 Å². The molecule has 0 aromatic heterocycles. The van der Waals surface area contributed by atoms with Crippen LogP contribution in [0.5, 0.6) is 23.0 Å². The fourth-order valence-electron chi connectivity index (χ4n) is 6.41. The van der Waals surface area contributed by atoms with Gasteiger partial charge in [-0.25, -0.2) is 0 Å². The average Bonchev–Trinajstić information content (AvgIpc) is 3.08. The van der Waals surface area contributed by atoms with Gasteiger partial charge in [0.25, 0.3) is 0 Å². The van der Waals surface area contributed by atoms with E-state index in [-0.39, 0.29) is 29.9 Å². The van der Waals surface area contributed by atoms with E-state index < -0.39 is 11.3 Å². The highest BCUT2D eigenvalue weighted by atomic mass is 16.6. The van der Waals surface area contributed by atoms with Crippen LogP contribution in [0.1, 0.15) is 43.6 Å². The lowest BCUT2D eigenvalue weighted by molar-refractivity contribution is -0.196. The first kappa shape index (κ1) is 22.6. The second-order valence-corrected chi connectivity index (χ2v) is 9.36. The van der Waals surface area contributed by atoms with Crippen LogP contribution in [0.4, 0.5) is 0 Å². The lowest BCUT2D eigenvalue weighted by Crippen LogP contribution is -2.52. The van der Waals surface area contributed by atoms with Crippen LogP contribution in [-0.4, -0.2) is 39.4 Å². The molecule has 3 fully saturated rings. The third-order valence-electron chi connectivity index (χ3n) is 7.89. The van der Waals surface area contributed by atoms with Crippen LogP contribution < -0.4 is 18.9 Å². The Hall–Kier alpha value is -3.22. The minimum absolute atomic E-state index is 0.247. The standard InChI is InChI=1S/C27H30O7/c1-30-16-11-12-19(20(15-16)32-3)33-26(29)23-21(17-9-5-6-10-18(17)31-2)22-24(34-25(22)28)27(23)13-7-4-8-14-27/h5-6,9-12,15,21-24H,4,7-8,13-14H2,1-3H3/t21-,22-,23+,24-/m1/s1. The molecule has 7 nitrogen and oxygen atoms in total. The quantitative estimate of drug-likeness (QED) is 0.457. The summed E-state index contributed by atoms with van der Waals surface area (Å²) in [7, 11) is 4.70. The van der Waals surface area contributed by atoms with Crippen molar-refractivity contribution >= 4 is 11.9 Å². The summed E-state index contributed by atoms with van der Waals surface area (Å²) in [5.74, 6) is 0.0791. The van der Waals surface area contributed by atoms with Gasteiger partial charge in [0.1, 0.15) is 23.5 Å². The Morgan fingerprint density at radius 3 is 2.29 bits per heavy atom. The van der Waals surface area contributed by atoms with Crippen molar-refractivity contribution in [2.75, 3.05) is 21.3 Å².